The van der Waals surface area contributed by atoms with E-state index in [1.807, 2.05) is 0 Å². The highest BCUT2D eigenvalue weighted by Crippen LogP contribution is 2.47. The Morgan fingerprint density at radius 3 is 2.00 bits per heavy atom. The van der Waals surface area contributed by atoms with Gasteiger partial charge in [-0.05, 0) is 48.1 Å². The Morgan fingerprint density at radius 1 is 1.08 bits per heavy atom. The van der Waals surface area contributed by atoms with Gasteiger partial charge >= 0.3 is 0 Å². The van der Waals surface area contributed by atoms with Crippen LogP contribution in [0.5, 0.6) is 0 Å². The zero-order chi connectivity index (χ0) is 17.8. The average molecular weight is 341 g/mol. The van der Waals surface area contributed by atoms with E-state index >= 15 is 0 Å². The fraction of sp³-hybridized carbons (Fsp3) is 1.00. The second-order valence-corrected chi connectivity index (χ2v) is 9.26. The SMILES string of the molecule is CCC1(OC(C)C2CO2)COC2(CC(C)(C)N(C)C(C)(C)C2)OC1. The van der Waals surface area contributed by atoms with Crippen LogP contribution in [-0.2, 0) is 18.9 Å². The van der Waals surface area contributed by atoms with Gasteiger partial charge in [0.2, 0.25) is 0 Å². The summed E-state index contributed by atoms with van der Waals surface area (Å²) in [5.41, 5.74) is -0.290. The Morgan fingerprint density at radius 2 is 1.58 bits per heavy atom. The van der Waals surface area contributed by atoms with E-state index in [1.54, 1.807) is 0 Å². The first-order valence-electron chi connectivity index (χ1n) is 9.35. The zero-order valence-electron chi connectivity index (χ0n) is 16.5. The van der Waals surface area contributed by atoms with Crippen LogP contribution in [-0.4, -0.2) is 66.4 Å². The van der Waals surface area contributed by atoms with Crippen LogP contribution >= 0.6 is 0 Å². The van der Waals surface area contributed by atoms with Crippen molar-refractivity contribution in [3.05, 3.63) is 0 Å². The van der Waals surface area contributed by atoms with Gasteiger partial charge in [0.05, 0.1) is 25.9 Å². The molecule has 0 aromatic carbocycles. The maximum Gasteiger partial charge on any atom is 0.172 e. The monoisotopic (exact) mass is 341 g/mol. The maximum absolute atomic E-state index is 6.42. The van der Waals surface area contributed by atoms with Gasteiger partial charge in [0, 0.05) is 23.9 Å². The molecule has 3 rings (SSSR count). The van der Waals surface area contributed by atoms with Gasteiger partial charge in [0.1, 0.15) is 11.7 Å². The molecule has 3 fully saturated rings. The van der Waals surface area contributed by atoms with E-state index in [0.29, 0.717) is 13.2 Å². The number of hydrogen-bond acceptors (Lipinski definition) is 5. The maximum atomic E-state index is 6.42. The predicted octanol–water partition coefficient (Wildman–Crippen LogP) is 2.97. The minimum atomic E-state index is -0.499. The first-order chi connectivity index (χ1) is 11.0. The first-order valence-corrected chi connectivity index (χ1v) is 9.35. The van der Waals surface area contributed by atoms with E-state index in [4.69, 9.17) is 18.9 Å². The Kier molecular flexibility index (Phi) is 4.58. The third-order valence-electron chi connectivity index (χ3n) is 6.38. The van der Waals surface area contributed by atoms with E-state index in [2.05, 4.69) is 53.5 Å². The van der Waals surface area contributed by atoms with E-state index in [0.717, 1.165) is 25.9 Å². The molecule has 3 aliphatic rings. The molecule has 3 saturated heterocycles. The summed E-state index contributed by atoms with van der Waals surface area (Å²) in [6, 6.07) is 0. The van der Waals surface area contributed by atoms with Gasteiger partial charge in [-0.15, -0.1) is 0 Å². The van der Waals surface area contributed by atoms with Crippen molar-refractivity contribution in [2.24, 2.45) is 0 Å². The second-order valence-electron chi connectivity index (χ2n) is 9.26. The Bertz CT molecular complexity index is 444. The molecule has 140 valence electrons. The summed E-state index contributed by atoms with van der Waals surface area (Å²) in [4.78, 5) is 2.45. The van der Waals surface area contributed by atoms with Crippen molar-refractivity contribution >= 4 is 0 Å². The van der Waals surface area contributed by atoms with Crippen LogP contribution < -0.4 is 0 Å². The minimum absolute atomic E-state index is 0.0317. The molecule has 2 unspecified atom stereocenters. The molecule has 0 amide bonds. The summed E-state index contributed by atoms with van der Waals surface area (Å²) >= 11 is 0. The van der Waals surface area contributed by atoms with Crippen molar-refractivity contribution < 1.29 is 18.9 Å². The van der Waals surface area contributed by atoms with Crippen molar-refractivity contribution in [2.75, 3.05) is 26.9 Å². The van der Waals surface area contributed by atoms with Gasteiger partial charge in [0.15, 0.2) is 5.79 Å². The highest BCUT2D eigenvalue weighted by molar-refractivity contribution is 5.04. The number of ether oxygens (including phenoxy) is 4. The molecule has 5 heteroatoms. The van der Waals surface area contributed by atoms with Crippen LogP contribution in [0, 0.1) is 0 Å². The van der Waals surface area contributed by atoms with Crippen LogP contribution in [0.15, 0.2) is 0 Å². The summed E-state index contributed by atoms with van der Waals surface area (Å²) in [5.74, 6) is -0.499. The third-order valence-corrected chi connectivity index (χ3v) is 6.38. The van der Waals surface area contributed by atoms with Crippen LogP contribution in [0.2, 0.25) is 0 Å². The van der Waals surface area contributed by atoms with Crippen molar-refractivity contribution in [1.29, 1.82) is 0 Å². The smallest absolute Gasteiger partial charge is 0.172 e. The van der Waals surface area contributed by atoms with E-state index in [-0.39, 0.29) is 28.9 Å². The highest BCUT2D eigenvalue weighted by Gasteiger charge is 2.56. The molecule has 0 aliphatic carbocycles. The molecule has 0 radical (unpaired) electrons. The number of epoxide rings is 1. The number of nitrogens with zero attached hydrogens (tertiary/aromatic N) is 1. The number of hydrogen-bond donors (Lipinski definition) is 0. The van der Waals surface area contributed by atoms with Crippen molar-refractivity contribution in [1.82, 2.24) is 4.90 Å². The summed E-state index contributed by atoms with van der Waals surface area (Å²) in [6.45, 7) is 15.3. The summed E-state index contributed by atoms with van der Waals surface area (Å²) in [7, 11) is 2.20. The zero-order valence-corrected chi connectivity index (χ0v) is 16.5. The van der Waals surface area contributed by atoms with Crippen molar-refractivity contribution in [3.8, 4) is 0 Å². The topological polar surface area (TPSA) is 43.5 Å². The molecular formula is C19H35NO4. The fourth-order valence-electron chi connectivity index (χ4n) is 4.40. The summed E-state index contributed by atoms with van der Waals surface area (Å²) < 4.78 is 24.5. The lowest BCUT2D eigenvalue weighted by Gasteiger charge is -2.59. The van der Waals surface area contributed by atoms with Crippen LogP contribution in [0.4, 0.5) is 0 Å². The van der Waals surface area contributed by atoms with Crippen LogP contribution in [0.3, 0.4) is 0 Å². The molecule has 2 atom stereocenters. The number of rotatable bonds is 4. The normalized spacial score (nSPS) is 34.9. The van der Waals surface area contributed by atoms with Crippen molar-refractivity contribution in [2.45, 2.75) is 95.5 Å². The quantitative estimate of drug-likeness (QED) is 0.736. The van der Waals surface area contributed by atoms with Gasteiger partial charge in [-0.1, -0.05) is 6.92 Å². The molecule has 1 spiro atoms. The second kappa shape index (κ2) is 5.92. The van der Waals surface area contributed by atoms with Gasteiger partial charge in [0.25, 0.3) is 0 Å². The molecule has 0 saturated carbocycles. The fourth-order valence-corrected chi connectivity index (χ4v) is 4.40. The molecular weight excluding hydrogens is 306 g/mol. The molecule has 3 aliphatic heterocycles. The standard InChI is InChI=1S/C19H35NO4/c1-8-18(24-14(2)15-9-21-15)12-22-19(23-13-18)10-16(3,4)20(7)17(5,6)11-19/h14-15H,8-13H2,1-7H3. The van der Waals surface area contributed by atoms with E-state index < -0.39 is 5.79 Å². The molecule has 24 heavy (non-hydrogen) atoms. The van der Waals surface area contributed by atoms with E-state index in [9.17, 15) is 0 Å². The Hall–Kier alpha value is -0.200. The van der Waals surface area contributed by atoms with E-state index in [1.165, 1.54) is 0 Å². The molecule has 0 aromatic heterocycles. The summed E-state index contributed by atoms with van der Waals surface area (Å²) in [6.07, 6.45) is 2.97. The lowest BCUT2D eigenvalue weighted by Crippen LogP contribution is -2.68. The lowest BCUT2D eigenvalue weighted by molar-refractivity contribution is -0.360. The van der Waals surface area contributed by atoms with Gasteiger partial charge in [-0.2, -0.15) is 0 Å². The Balaban J connectivity index is 1.70. The van der Waals surface area contributed by atoms with Crippen LogP contribution in [0.1, 0.15) is 60.8 Å². The van der Waals surface area contributed by atoms with Gasteiger partial charge in [-0.25, -0.2) is 0 Å². The first kappa shape index (κ1) is 18.6. The predicted molar refractivity (Wildman–Crippen MR) is 93.1 cm³/mol. The van der Waals surface area contributed by atoms with Crippen molar-refractivity contribution in [3.63, 3.8) is 0 Å². The highest BCUT2D eigenvalue weighted by atomic mass is 16.7. The summed E-state index contributed by atoms with van der Waals surface area (Å²) in [5, 5.41) is 0. The molecule has 0 aromatic rings. The Labute approximate surface area is 147 Å². The van der Waals surface area contributed by atoms with Gasteiger partial charge < -0.3 is 18.9 Å². The number of piperidine rings is 1. The van der Waals surface area contributed by atoms with Crippen LogP contribution in [0.25, 0.3) is 0 Å². The molecule has 5 nitrogen and oxygen atoms in total. The molecule has 0 N–H and O–H groups in total. The largest absolute Gasteiger partial charge is 0.370 e. The minimum Gasteiger partial charge on any atom is -0.370 e. The third kappa shape index (κ3) is 3.38. The lowest BCUT2D eigenvalue weighted by atomic mass is 9.76. The number of likely N-dealkylation sites (tertiary alicyclic amines) is 1. The van der Waals surface area contributed by atoms with Gasteiger partial charge in [-0.3, -0.25) is 4.90 Å². The molecule has 3 heterocycles. The molecule has 0 bridgehead atoms. The average Bonchev–Trinajstić information content (AvgIpc) is 3.32.